The van der Waals surface area contributed by atoms with Crippen LogP contribution in [0.4, 0.5) is 0 Å². The zero-order chi connectivity index (χ0) is 11.6. The van der Waals surface area contributed by atoms with Gasteiger partial charge in [0.25, 0.3) is 0 Å². The number of nitrogens with zero attached hydrogens (tertiary/aromatic N) is 2. The van der Waals surface area contributed by atoms with Gasteiger partial charge in [-0.15, -0.1) is 0 Å². The van der Waals surface area contributed by atoms with Crippen LogP contribution < -0.4 is 10.7 Å². The van der Waals surface area contributed by atoms with Crippen molar-refractivity contribution >= 4 is 23.5 Å². The number of aromatic nitrogens is 1. The third kappa shape index (κ3) is 7.85. The minimum Gasteiger partial charge on any atom is -0.361 e. The van der Waals surface area contributed by atoms with Gasteiger partial charge in [-0.05, 0) is 30.8 Å². The fourth-order valence-corrected chi connectivity index (χ4v) is 1.18. The number of nitrogens with one attached hydrogen (secondary N) is 2. The van der Waals surface area contributed by atoms with E-state index in [2.05, 4.69) is 27.8 Å². The summed E-state index contributed by atoms with van der Waals surface area (Å²) in [5, 5.41) is 7.58. The molecule has 1 rings (SSSR count). The van der Waals surface area contributed by atoms with Crippen molar-refractivity contribution in [3.63, 3.8) is 0 Å². The molecule has 0 saturated heterocycles. The number of hydrogen-bond donors (Lipinski definition) is 2. The molecule has 1 radical (unpaired) electrons. The molecule has 0 spiro atoms. The van der Waals surface area contributed by atoms with E-state index in [9.17, 15) is 0 Å². The van der Waals surface area contributed by atoms with Crippen molar-refractivity contribution in [2.75, 3.05) is 6.54 Å². The van der Waals surface area contributed by atoms with Crippen LogP contribution >= 0.6 is 12.2 Å². The SMILES string of the molecule is CCCCNC(=S)NN=Cc1ccccn1.[Cu+2]. The van der Waals surface area contributed by atoms with Gasteiger partial charge in [-0.1, -0.05) is 19.4 Å². The second kappa shape index (κ2) is 10.2. The van der Waals surface area contributed by atoms with E-state index in [0.29, 0.717) is 5.11 Å². The van der Waals surface area contributed by atoms with Crippen molar-refractivity contribution in [1.29, 1.82) is 0 Å². The van der Waals surface area contributed by atoms with Crippen molar-refractivity contribution in [2.45, 2.75) is 19.8 Å². The number of unbranched alkanes of at least 4 members (excludes halogenated alkanes) is 1. The second-order valence-electron chi connectivity index (χ2n) is 3.23. The Hall–Kier alpha value is -0.971. The Morgan fingerprint density at radius 3 is 3.00 bits per heavy atom. The first-order valence-corrected chi connectivity index (χ1v) is 5.71. The number of hydrazone groups is 1. The zero-order valence-electron chi connectivity index (χ0n) is 9.61. The predicted octanol–water partition coefficient (Wildman–Crippen LogP) is 1.68. The van der Waals surface area contributed by atoms with Crippen LogP contribution in [0.1, 0.15) is 25.5 Å². The minimum atomic E-state index is 0. The standard InChI is InChI=1S/C11H16N4S.Cu/c1-2-3-7-13-11(16)15-14-9-10-6-4-5-8-12-10;/h4-6,8-9H,2-3,7H2,1H3,(H2,13,15,16);/q;+2. The summed E-state index contributed by atoms with van der Waals surface area (Å²) in [6.07, 6.45) is 5.60. The molecule has 1 aromatic heterocycles. The van der Waals surface area contributed by atoms with Crippen LogP contribution in [0.25, 0.3) is 0 Å². The molecule has 1 aromatic rings. The van der Waals surface area contributed by atoms with Gasteiger partial charge < -0.3 is 5.32 Å². The molecule has 95 valence electrons. The Kier molecular flexibility index (Phi) is 9.62. The van der Waals surface area contributed by atoms with Crippen molar-refractivity contribution in [3.8, 4) is 0 Å². The van der Waals surface area contributed by atoms with E-state index >= 15 is 0 Å². The molecule has 0 bridgehead atoms. The quantitative estimate of drug-likeness (QED) is 0.286. The van der Waals surface area contributed by atoms with Crippen LogP contribution in [0.2, 0.25) is 0 Å². The fourth-order valence-electron chi connectivity index (χ4n) is 1.03. The number of thiocarbonyl (C=S) groups is 1. The summed E-state index contributed by atoms with van der Waals surface area (Å²) in [6.45, 7) is 3.01. The average molecular weight is 300 g/mol. The minimum absolute atomic E-state index is 0. The van der Waals surface area contributed by atoms with Gasteiger partial charge in [0.15, 0.2) is 5.11 Å². The molecule has 0 aliphatic rings. The zero-order valence-corrected chi connectivity index (χ0v) is 11.4. The topological polar surface area (TPSA) is 49.3 Å². The number of pyridine rings is 1. The molecule has 0 fully saturated rings. The smallest absolute Gasteiger partial charge is 0.361 e. The molecule has 0 aliphatic carbocycles. The van der Waals surface area contributed by atoms with Gasteiger partial charge >= 0.3 is 17.1 Å². The molecule has 0 aromatic carbocycles. The molecular formula is C11H16CuN4S+2. The third-order valence-corrected chi connectivity index (χ3v) is 2.10. The Morgan fingerprint density at radius 1 is 1.53 bits per heavy atom. The normalized spacial score (nSPS) is 9.71. The molecule has 2 N–H and O–H groups in total. The van der Waals surface area contributed by atoms with E-state index in [1.165, 1.54) is 0 Å². The van der Waals surface area contributed by atoms with E-state index in [0.717, 1.165) is 25.1 Å². The maximum absolute atomic E-state index is 5.03. The predicted molar refractivity (Wildman–Crippen MR) is 70.5 cm³/mol. The monoisotopic (exact) mass is 299 g/mol. The van der Waals surface area contributed by atoms with Gasteiger partial charge in [0.1, 0.15) is 0 Å². The molecule has 0 aliphatic heterocycles. The third-order valence-electron chi connectivity index (χ3n) is 1.87. The number of rotatable bonds is 5. The first-order valence-electron chi connectivity index (χ1n) is 5.31. The van der Waals surface area contributed by atoms with E-state index in [1.54, 1.807) is 12.4 Å². The maximum Gasteiger partial charge on any atom is 2.00 e. The fraction of sp³-hybridized carbons (Fsp3) is 0.364. The summed E-state index contributed by atoms with van der Waals surface area (Å²) in [4.78, 5) is 4.10. The number of hydrogen-bond acceptors (Lipinski definition) is 3. The molecule has 6 heteroatoms. The molecule has 1 heterocycles. The van der Waals surface area contributed by atoms with Crippen LogP contribution in [-0.4, -0.2) is 22.9 Å². The van der Waals surface area contributed by atoms with Gasteiger partial charge in [0.05, 0.1) is 11.9 Å². The second-order valence-corrected chi connectivity index (χ2v) is 3.64. The van der Waals surface area contributed by atoms with E-state index < -0.39 is 0 Å². The van der Waals surface area contributed by atoms with E-state index in [1.807, 2.05) is 18.2 Å². The summed E-state index contributed by atoms with van der Waals surface area (Å²) in [5.41, 5.74) is 3.54. The summed E-state index contributed by atoms with van der Waals surface area (Å²) in [7, 11) is 0. The van der Waals surface area contributed by atoms with E-state index in [4.69, 9.17) is 12.2 Å². The Morgan fingerprint density at radius 2 is 2.35 bits per heavy atom. The maximum atomic E-state index is 5.03. The molecule has 0 saturated carbocycles. The first kappa shape index (κ1) is 16.0. The summed E-state index contributed by atoms with van der Waals surface area (Å²) >= 11 is 5.03. The van der Waals surface area contributed by atoms with Gasteiger partial charge in [-0.25, -0.2) is 0 Å². The van der Waals surface area contributed by atoms with Crippen LogP contribution in [0.15, 0.2) is 29.5 Å². The average Bonchev–Trinajstić information content (AvgIpc) is 2.31. The van der Waals surface area contributed by atoms with Crippen molar-refractivity contribution in [1.82, 2.24) is 15.7 Å². The van der Waals surface area contributed by atoms with Crippen LogP contribution in [0.5, 0.6) is 0 Å². The van der Waals surface area contributed by atoms with Crippen molar-refractivity contribution in [3.05, 3.63) is 30.1 Å². The van der Waals surface area contributed by atoms with Gasteiger partial charge in [0.2, 0.25) is 0 Å². The first-order chi connectivity index (χ1) is 7.83. The molecule has 0 amide bonds. The largest absolute Gasteiger partial charge is 2.00 e. The van der Waals surface area contributed by atoms with Crippen LogP contribution in [0, 0.1) is 0 Å². The van der Waals surface area contributed by atoms with Crippen molar-refractivity contribution < 1.29 is 17.1 Å². The Balaban J connectivity index is 0.00000256. The van der Waals surface area contributed by atoms with Gasteiger partial charge in [-0.3, -0.25) is 10.4 Å². The molecule has 0 atom stereocenters. The summed E-state index contributed by atoms with van der Waals surface area (Å²) in [6, 6.07) is 5.65. The van der Waals surface area contributed by atoms with Crippen LogP contribution in [-0.2, 0) is 17.1 Å². The molecular weight excluding hydrogens is 284 g/mol. The van der Waals surface area contributed by atoms with Crippen molar-refractivity contribution in [2.24, 2.45) is 5.10 Å². The summed E-state index contributed by atoms with van der Waals surface area (Å²) < 4.78 is 0. The van der Waals surface area contributed by atoms with E-state index in [-0.39, 0.29) is 17.1 Å². The molecule has 0 unspecified atom stereocenters. The van der Waals surface area contributed by atoms with Crippen LogP contribution in [0.3, 0.4) is 0 Å². The van der Waals surface area contributed by atoms with Gasteiger partial charge in [0, 0.05) is 12.7 Å². The molecule has 4 nitrogen and oxygen atoms in total. The molecule has 17 heavy (non-hydrogen) atoms. The Labute approximate surface area is 118 Å². The Bertz CT molecular complexity index is 343. The van der Waals surface area contributed by atoms with Gasteiger partial charge in [-0.2, -0.15) is 5.10 Å². The summed E-state index contributed by atoms with van der Waals surface area (Å²) in [5.74, 6) is 0.